The highest BCUT2D eigenvalue weighted by molar-refractivity contribution is 7.13. The van der Waals surface area contributed by atoms with E-state index >= 15 is 0 Å². The molecule has 1 aromatic heterocycles. The topological polar surface area (TPSA) is 37.4 Å². The molecule has 0 unspecified atom stereocenters. The smallest absolute Gasteiger partial charge is 0.230 e. The van der Waals surface area contributed by atoms with Gasteiger partial charge in [-0.25, -0.2) is 0 Å². The van der Waals surface area contributed by atoms with Crippen molar-refractivity contribution < 1.29 is 9.59 Å². The van der Waals surface area contributed by atoms with Crippen LogP contribution in [0.4, 0.5) is 0 Å². The average Bonchev–Trinajstić information content (AvgIpc) is 2.92. The third-order valence-electron chi connectivity index (χ3n) is 3.78. The van der Waals surface area contributed by atoms with Crippen LogP contribution in [-0.2, 0) is 4.79 Å². The maximum Gasteiger partial charge on any atom is 0.230 e. The molecule has 1 saturated heterocycles. The summed E-state index contributed by atoms with van der Waals surface area (Å²) < 4.78 is 0. The Kier molecular flexibility index (Phi) is 3.83. The predicted molar refractivity (Wildman–Crippen MR) is 81.2 cm³/mol. The van der Waals surface area contributed by atoms with Crippen LogP contribution in [0.3, 0.4) is 0 Å². The van der Waals surface area contributed by atoms with Crippen molar-refractivity contribution in [1.82, 2.24) is 4.90 Å². The zero-order chi connectivity index (χ0) is 13.9. The van der Waals surface area contributed by atoms with E-state index in [1.165, 1.54) is 17.8 Å². The molecule has 0 saturated carbocycles. The first-order valence-corrected chi connectivity index (χ1v) is 7.91. The van der Waals surface area contributed by atoms with E-state index in [2.05, 4.69) is 0 Å². The molecule has 0 N–H and O–H groups in total. The van der Waals surface area contributed by atoms with Gasteiger partial charge in [0.2, 0.25) is 5.91 Å². The SMILES string of the molecule is O=C(CC(=O)N1CCCCC1)c1scc2ccccc12. The minimum absolute atomic E-state index is 0.00447. The van der Waals surface area contributed by atoms with E-state index in [-0.39, 0.29) is 18.1 Å². The lowest BCUT2D eigenvalue weighted by Gasteiger charge is -2.26. The van der Waals surface area contributed by atoms with E-state index < -0.39 is 0 Å². The molecule has 0 bridgehead atoms. The number of hydrogen-bond donors (Lipinski definition) is 0. The summed E-state index contributed by atoms with van der Waals surface area (Å²) in [7, 11) is 0. The zero-order valence-electron chi connectivity index (χ0n) is 11.3. The molecule has 1 fully saturated rings. The summed E-state index contributed by atoms with van der Waals surface area (Å²) in [6.45, 7) is 1.61. The fourth-order valence-corrected chi connectivity index (χ4v) is 3.65. The van der Waals surface area contributed by atoms with Gasteiger partial charge in [-0.2, -0.15) is 0 Å². The van der Waals surface area contributed by atoms with Gasteiger partial charge in [0.1, 0.15) is 0 Å². The van der Waals surface area contributed by atoms with Crippen LogP contribution in [0.25, 0.3) is 10.8 Å². The highest BCUT2D eigenvalue weighted by Gasteiger charge is 2.21. The van der Waals surface area contributed by atoms with Gasteiger partial charge in [0.15, 0.2) is 5.78 Å². The number of ketones is 1. The first kappa shape index (κ1) is 13.3. The lowest BCUT2D eigenvalue weighted by atomic mass is 10.1. The summed E-state index contributed by atoms with van der Waals surface area (Å²) in [5, 5.41) is 4.02. The van der Waals surface area contributed by atoms with Gasteiger partial charge in [0.25, 0.3) is 0 Å². The number of carbonyl (C=O) groups excluding carboxylic acids is 2. The van der Waals surface area contributed by atoms with E-state index in [4.69, 9.17) is 0 Å². The van der Waals surface area contributed by atoms with Gasteiger partial charge in [0, 0.05) is 18.5 Å². The minimum atomic E-state index is -0.0493. The summed E-state index contributed by atoms with van der Waals surface area (Å²) in [5.41, 5.74) is 0. The van der Waals surface area contributed by atoms with E-state index in [1.54, 1.807) is 0 Å². The van der Waals surface area contributed by atoms with E-state index in [0.29, 0.717) is 4.88 Å². The van der Waals surface area contributed by atoms with Crippen LogP contribution < -0.4 is 0 Å². The molecule has 2 heterocycles. The summed E-state index contributed by atoms with van der Waals surface area (Å²) in [6, 6.07) is 7.83. The second-order valence-corrected chi connectivity index (χ2v) is 6.07. The first-order valence-electron chi connectivity index (χ1n) is 7.03. The Morgan fingerprint density at radius 1 is 1.10 bits per heavy atom. The maximum absolute atomic E-state index is 12.3. The van der Waals surface area contributed by atoms with Crippen LogP contribution in [0, 0.1) is 0 Å². The molecule has 0 atom stereocenters. The van der Waals surface area contributed by atoms with Crippen molar-refractivity contribution in [2.75, 3.05) is 13.1 Å². The number of nitrogens with zero attached hydrogens (tertiary/aromatic N) is 1. The number of amides is 1. The zero-order valence-corrected chi connectivity index (χ0v) is 12.1. The highest BCUT2D eigenvalue weighted by atomic mass is 32.1. The Balaban J connectivity index is 1.74. The average molecular weight is 287 g/mol. The summed E-state index contributed by atoms with van der Waals surface area (Å²) in [6.07, 6.45) is 3.31. The van der Waals surface area contributed by atoms with E-state index in [1.807, 2.05) is 34.5 Å². The van der Waals surface area contributed by atoms with Gasteiger partial charge in [-0.15, -0.1) is 11.3 Å². The predicted octanol–water partition coefficient (Wildman–Crippen LogP) is 3.49. The standard InChI is InChI=1S/C16H17NO2S/c18-14(10-15(19)17-8-4-1-5-9-17)16-13-7-3-2-6-12(13)11-20-16/h2-3,6-7,11H,1,4-5,8-10H2. The Bertz CT molecular complexity index is 641. The molecule has 2 aromatic rings. The van der Waals surface area contributed by atoms with Gasteiger partial charge in [-0.1, -0.05) is 24.3 Å². The molecule has 3 rings (SSSR count). The Morgan fingerprint density at radius 3 is 2.65 bits per heavy atom. The van der Waals surface area contributed by atoms with Crippen molar-refractivity contribution in [1.29, 1.82) is 0 Å². The highest BCUT2D eigenvalue weighted by Crippen LogP contribution is 2.27. The molecular formula is C16H17NO2S. The molecule has 0 aliphatic carbocycles. The Hall–Kier alpha value is -1.68. The van der Waals surface area contributed by atoms with Gasteiger partial charge >= 0.3 is 0 Å². The second-order valence-electron chi connectivity index (χ2n) is 5.19. The molecule has 3 nitrogen and oxygen atoms in total. The van der Waals surface area contributed by atoms with E-state index in [0.717, 1.165) is 36.7 Å². The second kappa shape index (κ2) is 5.75. The van der Waals surface area contributed by atoms with Crippen molar-refractivity contribution in [3.05, 3.63) is 34.5 Å². The number of likely N-dealkylation sites (tertiary alicyclic amines) is 1. The normalized spacial score (nSPS) is 15.5. The fraction of sp³-hybridized carbons (Fsp3) is 0.375. The number of fused-ring (bicyclic) bond motifs is 1. The molecule has 4 heteroatoms. The minimum Gasteiger partial charge on any atom is -0.342 e. The first-order chi connectivity index (χ1) is 9.75. The van der Waals surface area contributed by atoms with Crippen molar-refractivity contribution in [3.63, 3.8) is 0 Å². The van der Waals surface area contributed by atoms with Crippen LogP contribution in [-0.4, -0.2) is 29.7 Å². The third kappa shape index (κ3) is 2.61. The summed E-state index contributed by atoms with van der Waals surface area (Å²) in [4.78, 5) is 27.0. The monoisotopic (exact) mass is 287 g/mol. The third-order valence-corrected chi connectivity index (χ3v) is 4.84. The molecule has 20 heavy (non-hydrogen) atoms. The van der Waals surface area contributed by atoms with E-state index in [9.17, 15) is 9.59 Å². The Morgan fingerprint density at radius 2 is 1.85 bits per heavy atom. The van der Waals surface area contributed by atoms with Crippen molar-refractivity contribution in [2.45, 2.75) is 25.7 Å². The number of carbonyl (C=O) groups is 2. The largest absolute Gasteiger partial charge is 0.342 e. The van der Waals surface area contributed by atoms with Crippen LogP contribution in [0.2, 0.25) is 0 Å². The number of Topliss-reactive ketones (excluding diaryl/α,β-unsaturated/α-hetero) is 1. The van der Waals surface area contributed by atoms with Gasteiger partial charge < -0.3 is 4.90 Å². The van der Waals surface area contributed by atoms with Gasteiger partial charge in [-0.3, -0.25) is 9.59 Å². The molecule has 1 amide bonds. The summed E-state index contributed by atoms with van der Waals surface area (Å²) >= 11 is 1.44. The van der Waals surface area contributed by atoms with Crippen molar-refractivity contribution in [3.8, 4) is 0 Å². The molecule has 0 radical (unpaired) electrons. The lowest BCUT2D eigenvalue weighted by molar-refractivity contribution is -0.131. The van der Waals surface area contributed by atoms with Crippen LogP contribution in [0.15, 0.2) is 29.6 Å². The fourth-order valence-electron chi connectivity index (χ4n) is 2.68. The van der Waals surface area contributed by atoms with Crippen molar-refractivity contribution >= 4 is 33.8 Å². The molecular weight excluding hydrogens is 270 g/mol. The molecule has 104 valence electrons. The molecule has 1 aromatic carbocycles. The molecule has 1 aliphatic heterocycles. The van der Waals surface area contributed by atoms with Crippen LogP contribution in [0.5, 0.6) is 0 Å². The number of hydrogen-bond acceptors (Lipinski definition) is 3. The number of benzene rings is 1. The molecule has 1 aliphatic rings. The van der Waals surface area contributed by atoms with Gasteiger partial charge in [0.05, 0.1) is 11.3 Å². The Labute approximate surface area is 122 Å². The number of thiophene rings is 1. The van der Waals surface area contributed by atoms with Crippen LogP contribution in [0.1, 0.15) is 35.4 Å². The maximum atomic E-state index is 12.3. The van der Waals surface area contributed by atoms with Crippen molar-refractivity contribution in [2.24, 2.45) is 0 Å². The molecule has 0 spiro atoms. The summed E-state index contributed by atoms with van der Waals surface area (Å²) in [5.74, 6) is -0.0704. The quantitative estimate of drug-likeness (QED) is 0.640. The van der Waals surface area contributed by atoms with Crippen LogP contribution >= 0.6 is 11.3 Å². The number of piperidine rings is 1. The van der Waals surface area contributed by atoms with Gasteiger partial charge in [-0.05, 0) is 30.0 Å². The number of rotatable bonds is 3. The lowest BCUT2D eigenvalue weighted by Crippen LogP contribution is -2.36.